The minimum absolute atomic E-state index is 0.170. The smallest absolute Gasteiger partial charge is 0.240 e. The van der Waals surface area contributed by atoms with Crippen LogP contribution in [0, 0.1) is 0 Å². The molecule has 1 aliphatic heterocycles. The van der Waals surface area contributed by atoms with Crippen molar-refractivity contribution in [1.29, 1.82) is 0 Å². The lowest BCUT2D eigenvalue weighted by molar-refractivity contribution is -0.130. The van der Waals surface area contributed by atoms with Gasteiger partial charge in [0.25, 0.3) is 0 Å². The molecule has 28 heavy (non-hydrogen) atoms. The second-order valence-electron chi connectivity index (χ2n) is 6.56. The van der Waals surface area contributed by atoms with Gasteiger partial charge in [0.15, 0.2) is 0 Å². The van der Waals surface area contributed by atoms with E-state index in [9.17, 15) is 13.2 Å². The van der Waals surface area contributed by atoms with Crippen molar-refractivity contribution in [3.63, 3.8) is 0 Å². The zero-order chi connectivity index (χ0) is 20.3. The van der Waals surface area contributed by atoms with Crippen molar-refractivity contribution in [3.05, 3.63) is 59.7 Å². The molecular weight excluding hydrogens is 378 g/mol. The largest absolute Gasteiger partial charge is 0.494 e. The topological polar surface area (TPSA) is 88.1 Å². The minimum Gasteiger partial charge on any atom is -0.494 e. The van der Waals surface area contributed by atoms with Crippen molar-refractivity contribution in [2.45, 2.75) is 26.3 Å². The third kappa shape index (κ3) is 4.51. The predicted octanol–water partition coefficient (Wildman–Crippen LogP) is 3.15. The van der Waals surface area contributed by atoms with Gasteiger partial charge in [-0.1, -0.05) is 30.3 Å². The molecule has 2 aromatic carbocycles. The molecule has 0 saturated carbocycles. The van der Waals surface area contributed by atoms with Crippen LogP contribution in [0.2, 0.25) is 0 Å². The molecule has 7 nitrogen and oxygen atoms in total. The van der Waals surface area contributed by atoms with Gasteiger partial charge in [-0.3, -0.25) is 9.52 Å². The quantitative estimate of drug-likeness (QED) is 0.805. The monoisotopic (exact) mass is 401 g/mol. The number of carbonyl (C=O) groups excluding carboxylic acids is 1. The Labute approximate surface area is 165 Å². The molecule has 1 unspecified atom stereocenters. The zero-order valence-electron chi connectivity index (χ0n) is 16.0. The number of amides is 1. The fraction of sp³-hybridized carbons (Fsp3) is 0.300. The maximum atomic E-state index is 12.2. The Morgan fingerprint density at radius 3 is 2.68 bits per heavy atom. The highest BCUT2D eigenvalue weighted by Gasteiger charge is 2.33. The summed E-state index contributed by atoms with van der Waals surface area (Å²) < 4.78 is 31.2. The number of hydrogen-bond donors (Lipinski definition) is 1. The number of nitrogens with zero attached hydrogens (tertiary/aromatic N) is 2. The summed E-state index contributed by atoms with van der Waals surface area (Å²) in [5, 5.41) is 5.98. The third-order valence-corrected chi connectivity index (χ3v) is 4.92. The number of benzene rings is 2. The number of para-hydroxylation sites is 1. The summed E-state index contributed by atoms with van der Waals surface area (Å²) >= 11 is 0. The fourth-order valence-electron chi connectivity index (χ4n) is 3.24. The van der Waals surface area contributed by atoms with Gasteiger partial charge in [0, 0.05) is 24.6 Å². The Morgan fingerprint density at radius 2 is 2.00 bits per heavy atom. The molecule has 0 spiro atoms. The summed E-state index contributed by atoms with van der Waals surface area (Å²) in [4.78, 5) is 12.2. The summed E-state index contributed by atoms with van der Waals surface area (Å²) in [5.74, 6) is 0.557. The first-order valence-corrected chi connectivity index (χ1v) is 10.8. The molecule has 1 N–H and O–H groups in total. The van der Waals surface area contributed by atoms with Crippen molar-refractivity contribution >= 4 is 27.3 Å². The fourth-order valence-corrected chi connectivity index (χ4v) is 3.79. The predicted molar refractivity (Wildman–Crippen MR) is 109 cm³/mol. The maximum absolute atomic E-state index is 12.2. The van der Waals surface area contributed by atoms with E-state index in [0.717, 1.165) is 23.1 Å². The Hall–Kier alpha value is -2.87. The lowest BCUT2D eigenvalue weighted by Crippen LogP contribution is -2.24. The highest BCUT2D eigenvalue weighted by molar-refractivity contribution is 7.92. The SMILES string of the molecule is CCOc1ccccc1C1CC(c2cccc(NS(C)(=O)=O)c2)=NN1C(C)=O. The van der Waals surface area contributed by atoms with Gasteiger partial charge in [0.2, 0.25) is 15.9 Å². The number of rotatable bonds is 6. The molecular formula is C20H23N3O4S. The normalized spacial score (nSPS) is 16.6. The highest BCUT2D eigenvalue weighted by Crippen LogP contribution is 2.37. The number of nitrogens with one attached hydrogen (secondary N) is 1. The van der Waals surface area contributed by atoms with Gasteiger partial charge in [0.05, 0.1) is 24.6 Å². The van der Waals surface area contributed by atoms with Crippen molar-refractivity contribution in [2.75, 3.05) is 17.6 Å². The lowest BCUT2D eigenvalue weighted by Gasteiger charge is -2.22. The van der Waals surface area contributed by atoms with Gasteiger partial charge < -0.3 is 4.74 Å². The molecule has 148 valence electrons. The minimum atomic E-state index is -3.38. The molecule has 3 rings (SSSR count). The van der Waals surface area contributed by atoms with E-state index in [1.54, 1.807) is 18.2 Å². The molecule has 0 saturated heterocycles. The van der Waals surface area contributed by atoms with E-state index in [-0.39, 0.29) is 11.9 Å². The first-order chi connectivity index (χ1) is 13.3. The number of sulfonamides is 1. The van der Waals surface area contributed by atoms with E-state index in [2.05, 4.69) is 9.82 Å². The van der Waals surface area contributed by atoms with E-state index in [1.807, 2.05) is 37.3 Å². The first-order valence-electron chi connectivity index (χ1n) is 8.95. The van der Waals surface area contributed by atoms with Crippen LogP contribution in [-0.4, -0.2) is 37.9 Å². The first kappa shape index (κ1) is 19.9. The summed E-state index contributed by atoms with van der Waals surface area (Å²) in [6.45, 7) is 3.91. The van der Waals surface area contributed by atoms with E-state index < -0.39 is 10.0 Å². The summed E-state index contributed by atoms with van der Waals surface area (Å²) in [5.41, 5.74) is 2.82. The van der Waals surface area contributed by atoms with Crippen molar-refractivity contribution in [1.82, 2.24) is 5.01 Å². The van der Waals surface area contributed by atoms with Crippen LogP contribution in [0.4, 0.5) is 5.69 Å². The lowest BCUT2D eigenvalue weighted by atomic mass is 9.97. The third-order valence-electron chi connectivity index (χ3n) is 4.31. The highest BCUT2D eigenvalue weighted by atomic mass is 32.2. The Morgan fingerprint density at radius 1 is 1.25 bits per heavy atom. The zero-order valence-corrected chi connectivity index (χ0v) is 16.9. The summed E-state index contributed by atoms with van der Waals surface area (Å²) in [6, 6.07) is 14.3. The molecule has 8 heteroatoms. The van der Waals surface area contributed by atoms with Crippen LogP contribution in [-0.2, 0) is 14.8 Å². The molecule has 1 heterocycles. The van der Waals surface area contributed by atoms with E-state index in [0.29, 0.717) is 24.4 Å². The average Bonchev–Trinajstić information content (AvgIpc) is 3.07. The van der Waals surface area contributed by atoms with E-state index >= 15 is 0 Å². The standard InChI is InChI=1S/C20H23N3O4S/c1-4-27-20-11-6-5-10-17(20)19-13-18(21-23(19)14(2)24)15-8-7-9-16(12-15)22-28(3,25)26/h5-12,19,22H,4,13H2,1-3H3. The molecule has 0 radical (unpaired) electrons. The second-order valence-corrected chi connectivity index (χ2v) is 8.30. The number of hydrogen-bond acceptors (Lipinski definition) is 5. The molecule has 1 atom stereocenters. The van der Waals surface area contributed by atoms with Gasteiger partial charge in [0.1, 0.15) is 5.75 Å². The Bertz CT molecular complexity index is 1020. The van der Waals surface area contributed by atoms with Crippen molar-refractivity contribution in [3.8, 4) is 5.75 Å². The van der Waals surface area contributed by atoms with Crippen LogP contribution in [0.15, 0.2) is 53.6 Å². The van der Waals surface area contributed by atoms with E-state index in [1.165, 1.54) is 11.9 Å². The van der Waals surface area contributed by atoms with Crippen molar-refractivity contribution in [2.24, 2.45) is 5.10 Å². The van der Waals surface area contributed by atoms with Crippen LogP contribution in [0.25, 0.3) is 0 Å². The summed E-state index contributed by atoms with van der Waals surface area (Å²) in [6.07, 6.45) is 1.61. The van der Waals surface area contributed by atoms with Crippen LogP contribution in [0.1, 0.15) is 37.4 Å². The van der Waals surface area contributed by atoms with Gasteiger partial charge in [-0.05, 0) is 30.7 Å². The second kappa shape index (κ2) is 8.02. The molecule has 1 amide bonds. The molecule has 0 aromatic heterocycles. The van der Waals surface area contributed by atoms with Crippen LogP contribution in [0.5, 0.6) is 5.75 Å². The van der Waals surface area contributed by atoms with Crippen LogP contribution < -0.4 is 9.46 Å². The maximum Gasteiger partial charge on any atom is 0.240 e. The van der Waals surface area contributed by atoms with Crippen LogP contribution in [0.3, 0.4) is 0 Å². The van der Waals surface area contributed by atoms with Crippen molar-refractivity contribution < 1.29 is 17.9 Å². The van der Waals surface area contributed by atoms with Crippen LogP contribution >= 0.6 is 0 Å². The number of anilines is 1. The van der Waals surface area contributed by atoms with Gasteiger partial charge in [-0.2, -0.15) is 5.10 Å². The average molecular weight is 401 g/mol. The van der Waals surface area contributed by atoms with E-state index in [4.69, 9.17) is 4.74 Å². The Balaban J connectivity index is 1.95. The molecule has 0 fully saturated rings. The summed E-state index contributed by atoms with van der Waals surface area (Å²) in [7, 11) is -3.38. The molecule has 0 bridgehead atoms. The molecule has 0 aliphatic carbocycles. The number of carbonyl (C=O) groups is 1. The Kier molecular flexibility index (Phi) is 5.69. The molecule has 1 aliphatic rings. The van der Waals surface area contributed by atoms with Gasteiger partial charge in [-0.25, -0.2) is 13.4 Å². The number of ether oxygens (including phenoxy) is 1. The van der Waals surface area contributed by atoms with Gasteiger partial charge >= 0.3 is 0 Å². The van der Waals surface area contributed by atoms with Gasteiger partial charge in [-0.15, -0.1) is 0 Å². The molecule has 2 aromatic rings. The number of hydrazone groups is 1.